The van der Waals surface area contributed by atoms with Crippen molar-refractivity contribution in [2.45, 2.75) is 42.2 Å². The molecule has 3 atom stereocenters. The van der Waals surface area contributed by atoms with Gasteiger partial charge in [0.15, 0.2) is 0 Å². The summed E-state index contributed by atoms with van der Waals surface area (Å²) < 4.78 is 41.7. The molecule has 0 aliphatic carbocycles. The summed E-state index contributed by atoms with van der Waals surface area (Å²) >= 11 is 0. The number of hydrogen-bond acceptors (Lipinski definition) is 4. The van der Waals surface area contributed by atoms with E-state index in [1.807, 2.05) is 82.3 Å². The summed E-state index contributed by atoms with van der Waals surface area (Å²) in [6.45, 7) is 7.90. The minimum absolute atomic E-state index is 0.0278. The molecule has 0 heterocycles. The summed E-state index contributed by atoms with van der Waals surface area (Å²) in [5, 5.41) is 0. The van der Waals surface area contributed by atoms with E-state index in [9.17, 15) is 16.8 Å². The van der Waals surface area contributed by atoms with Gasteiger partial charge in [0.2, 0.25) is 0 Å². The quantitative estimate of drug-likeness (QED) is 0.626. The summed E-state index contributed by atoms with van der Waals surface area (Å²) in [5.74, 6) is 0. The maximum absolute atomic E-state index is 10.9. The topological polar surface area (TPSA) is 68.3 Å². The second kappa shape index (κ2) is 16.7. The van der Waals surface area contributed by atoms with Crippen LogP contribution in [0.15, 0.2) is 64.4 Å². The predicted octanol–water partition coefficient (Wildman–Crippen LogP) is 4.31. The van der Waals surface area contributed by atoms with Gasteiger partial charge in [0, 0.05) is 89.0 Å². The van der Waals surface area contributed by atoms with Gasteiger partial charge < -0.3 is 0 Å². The van der Waals surface area contributed by atoms with Crippen molar-refractivity contribution in [2.75, 3.05) is 31.3 Å². The molecule has 0 aromatic heterocycles. The summed E-state index contributed by atoms with van der Waals surface area (Å²) in [6.07, 6.45) is 8.36. The van der Waals surface area contributed by atoms with Gasteiger partial charge in [0.25, 0.3) is 0 Å². The smallest absolute Gasteiger partial charge is 0.0498 e. The third-order valence-corrected chi connectivity index (χ3v) is 6.89. The molecule has 2 rings (SSSR count). The Balaban J connectivity index is 0. The van der Waals surface area contributed by atoms with Crippen LogP contribution in [0.5, 0.6) is 0 Å². The predicted molar refractivity (Wildman–Crippen MR) is 136 cm³/mol. The summed E-state index contributed by atoms with van der Waals surface area (Å²) in [4.78, 5) is 1.78. The maximum atomic E-state index is 10.9. The Bertz CT molecular complexity index is 807. The van der Waals surface area contributed by atoms with Crippen LogP contribution < -0.4 is 0 Å². The number of aryl methyl sites for hydroxylation is 1. The summed E-state index contributed by atoms with van der Waals surface area (Å²) in [7, 11) is -2.96. The Morgan fingerprint density at radius 1 is 0.600 bits per heavy atom. The van der Waals surface area contributed by atoms with Gasteiger partial charge in [-0.2, -0.15) is 0 Å². The molecule has 0 N–H and O–H groups in total. The molecule has 30 heavy (non-hydrogen) atoms. The molecule has 0 fully saturated rings. The normalized spacial score (nSPS) is 13.3. The Hall–Kier alpha value is -0.960. The van der Waals surface area contributed by atoms with Gasteiger partial charge in [-0.15, -0.1) is 0 Å². The number of hydrogen-bond donors (Lipinski definition) is 0. The van der Waals surface area contributed by atoms with E-state index in [0.29, 0.717) is 0 Å². The van der Waals surface area contributed by atoms with Crippen LogP contribution in [0.4, 0.5) is 0 Å². The molecular formula is C22H36O4S4. The molecule has 172 valence electrons. The molecule has 2 aromatic rings. The van der Waals surface area contributed by atoms with E-state index in [-0.39, 0.29) is 4.75 Å². The minimum Gasteiger partial charge on any atom is -0.260 e. The number of rotatable bonds is 2. The first-order valence-electron chi connectivity index (χ1n) is 9.05. The highest BCUT2D eigenvalue weighted by molar-refractivity contribution is 7.85. The molecule has 3 unspecified atom stereocenters. The zero-order valence-electron chi connectivity index (χ0n) is 19.5. The molecule has 8 heteroatoms. The molecule has 0 aliphatic heterocycles. The van der Waals surface area contributed by atoms with Gasteiger partial charge in [0.1, 0.15) is 0 Å². The van der Waals surface area contributed by atoms with Gasteiger partial charge in [-0.05, 0) is 52.0 Å². The first-order chi connectivity index (χ1) is 13.7. The van der Waals surface area contributed by atoms with Crippen molar-refractivity contribution in [1.29, 1.82) is 0 Å². The average molecular weight is 493 g/mol. The Kier molecular flexibility index (Phi) is 17.4. The minimum atomic E-state index is -0.837. The molecule has 0 radical (unpaired) electrons. The third-order valence-electron chi connectivity index (χ3n) is 3.29. The van der Waals surface area contributed by atoms with Gasteiger partial charge in [-0.1, -0.05) is 35.9 Å². The largest absolute Gasteiger partial charge is 0.260 e. The highest BCUT2D eigenvalue weighted by Crippen LogP contribution is 2.07. The molecule has 4 nitrogen and oxygen atoms in total. The Labute approximate surface area is 193 Å². The highest BCUT2D eigenvalue weighted by atomic mass is 32.2. The van der Waals surface area contributed by atoms with E-state index in [4.69, 9.17) is 0 Å². The zero-order chi connectivity index (χ0) is 23.9. The second-order valence-corrected chi connectivity index (χ2v) is 13.7. The van der Waals surface area contributed by atoms with Gasteiger partial charge >= 0.3 is 0 Å². The summed E-state index contributed by atoms with van der Waals surface area (Å²) in [6, 6.07) is 17.1. The van der Waals surface area contributed by atoms with Crippen LogP contribution in [0.3, 0.4) is 0 Å². The van der Waals surface area contributed by atoms with Crippen LogP contribution >= 0.6 is 0 Å². The van der Waals surface area contributed by atoms with Crippen molar-refractivity contribution in [2.24, 2.45) is 0 Å². The molecule has 0 saturated carbocycles. The van der Waals surface area contributed by atoms with Gasteiger partial charge in [-0.3, -0.25) is 16.8 Å². The van der Waals surface area contributed by atoms with Crippen molar-refractivity contribution in [3.8, 4) is 0 Å². The first kappa shape index (κ1) is 31.2. The second-order valence-electron chi connectivity index (χ2n) is 7.34. The van der Waals surface area contributed by atoms with Crippen molar-refractivity contribution < 1.29 is 16.8 Å². The molecular weight excluding hydrogens is 457 g/mol. The highest BCUT2D eigenvalue weighted by Gasteiger charge is 2.13. The van der Waals surface area contributed by atoms with E-state index in [1.165, 1.54) is 5.56 Å². The fourth-order valence-corrected chi connectivity index (χ4v) is 2.40. The van der Waals surface area contributed by atoms with Crippen molar-refractivity contribution >= 4 is 43.2 Å². The fourth-order valence-electron chi connectivity index (χ4n) is 1.34. The van der Waals surface area contributed by atoms with Crippen LogP contribution in [-0.4, -0.2) is 52.9 Å². The van der Waals surface area contributed by atoms with E-state index in [1.54, 1.807) is 31.3 Å². The van der Waals surface area contributed by atoms with Gasteiger partial charge in [-0.25, -0.2) is 0 Å². The zero-order valence-corrected chi connectivity index (χ0v) is 22.7. The van der Waals surface area contributed by atoms with Crippen LogP contribution in [0.25, 0.3) is 0 Å². The monoisotopic (exact) mass is 492 g/mol. The van der Waals surface area contributed by atoms with E-state index in [0.717, 1.165) is 9.79 Å². The van der Waals surface area contributed by atoms with Crippen LogP contribution in [-0.2, 0) is 43.2 Å². The van der Waals surface area contributed by atoms with E-state index >= 15 is 0 Å². The molecule has 0 spiro atoms. The van der Waals surface area contributed by atoms with E-state index < -0.39 is 43.2 Å². The molecule has 0 bridgehead atoms. The van der Waals surface area contributed by atoms with E-state index in [2.05, 4.69) is 0 Å². The van der Waals surface area contributed by atoms with Crippen LogP contribution in [0.1, 0.15) is 26.3 Å². The fraction of sp³-hybridized carbons (Fsp3) is 0.455. The first-order valence-corrected chi connectivity index (χ1v) is 15.7. The number of benzene rings is 2. The molecule has 0 amide bonds. The molecule has 2 aromatic carbocycles. The average Bonchev–Trinajstić information content (AvgIpc) is 2.62. The van der Waals surface area contributed by atoms with Crippen molar-refractivity contribution in [1.82, 2.24) is 0 Å². The molecule has 0 saturated heterocycles. The third kappa shape index (κ3) is 19.0. The van der Waals surface area contributed by atoms with Crippen LogP contribution in [0, 0.1) is 6.92 Å². The summed E-state index contributed by atoms with van der Waals surface area (Å²) in [5.41, 5.74) is 1.20. The Morgan fingerprint density at radius 3 is 1.13 bits per heavy atom. The standard InChI is InChI=1S/C8H10OS.C7H8OS.C5H12OS.C2H6OS/c1-7-3-5-8(6-4-7)10(2)9;1-9(8)7-5-3-2-4-6-7;1-5(2,3)7(4)6;1-4(2)3/h3-6H,1-2H3;2-6H,1H3;1-4H3;1-2H3. The maximum Gasteiger partial charge on any atom is 0.0498 e. The lowest BCUT2D eigenvalue weighted by atomic mass is 10.2. The Morgan fingerprint density at radius 2 is 0.900 bits per heavy atom. The van der Waals surface area contributed by atoms with Gasteiger partial charge in [0.05, 0.1) is 0 Å². The van der Waals surface area contributed by atoms with Crippen LogP contribution in [0.2, 0.25) is 0 Å². The molecule has 0 aliphatic rings. The lowest BCUT2D eigenvalue weighted by Crippen LogP contribution is -2.19. The lowest BCUT2D eigenvalue weighted by molar-refractivity contribution is 0.654. The SMILES string of the molecule is CS(=O)C(C)(C)C.CS(=O)c1ccccc1.CS(C)=O.Cc1ccc(S(C)=O)cc1. The van der Waals surface area contributed by atoms with Crippen molar-refractivity contribution in [3.63, 3.8) is 0 Å². The van der Waals surface area contributed by atoms with Crippen molar-refractivity contribution in [3.05, 3.63) is 60.2 Å². The lowest BCUT2D eigenvalue weighted by Gasteiger charge is -2.12.